The quantitative estimate of drug-likeness (QED) is 0.702. The molecule has 0 radical (unpaired) electrons. The monoisotopic (exact) mass is 350 g/mol. The number of nitrogens with zero attached hydrogens (tertiary/aromatic N) is 3. The van der Waals surface area contributed by atoms with Gasteiger partial charge < -0.3 is 5.32 Å². The van der Waals surface area contributed by atoms with Gasteiger partial charge in [0.2, 0.25) is 0 Å². The van der Waals surface area contributed by atoms with Gasteiger partial charge in [-0.1, -0.05) is 36.4 Å². The van der Waals surface area contributed by atoms with Crippen molar-refractivity contribution < 1.29 is 0 Å². The smallest absolute Gasteiger partial charge is 0.188 e. The third-order valence-corrected chi connectivity index (χ3v) is 5.36. The van der Waals surface area contributed by atoms with Crippen LogP contribution in [0.4, 0.5) is 10.9 Å². The van der Waals surface area contributed by atoms with E-state index in [0.717, 1.165) is 36.2 Å². The molecule has 4 nitrogen and oxygen atoms in total. The van der Waals surface area contributed by atoms with Gasteiger partial charge in [-0.2, -0.15) is 0 Å². The highest BCUT2D eigenvalue weighted by molar-refractivity contribution is 7.13. The van der Waals surface area contributed by atoms with Crippen LogP contribution in [0.5, 0.6) is 0 Å². The number of hydrogen-bond donors (Lipinski definition) is 1. The summed E-state index contributed by atoms with van der Waals surface area (Å²) in [6, 6.07) is 17.4. The van der Waals surface area contributed by atoms with Gasteiger partial charge in [-0.15, -0.1) is 11.3 Å². The minimum atomic E-state index is 0.418. The second kappa shape index (κ2) is 7.76. The SMILES string of the molecule is c1ccc(CCN2CCC[C@@H]2c2cccc(Nc3nccs3)n2)cc1. The molecule has 0 aliphatic carbocycles. The molecule has 1 saturated heterocycles. The number of thiazole rings is 1. The predicted molar refractivity (Wildman–Crippen MR) is 103 cm³/mol. The van der Waals surface area contributed by atoms with Crippen LogP contribution in [0.3, 0.4) is 0 Å². The summed E-state index contributed by atoms with van der Waals surface area (Å²) >= 11 is 1.59. The first-order valence-corrected chi connectivity index (χ1v) is 9.68. The number of likely N-dealkylation sites (tertiary alicyclic amines) is 1. The molecule has 128 valence electrons. The zero-order valence-corrected chi connectivity index (χ0v) is 15.0. The molecule has 0 amide bonds. The van der Waals surface area contributed by atoms with Crippen molar-refractivity contribution in [2.45, 2.75) is 25.3 Å². The van der Waals surface area contributed by atoms with Crippen molar-refractivity contribution in [1.29, 1.82) is 0 Å². The van der Waals surface area contributed by atoms with Crippen molar-refractivity contribution in [2.24, 2.45) is 0 Å². The summed E-state index contributed by atoms with van der Waals surface area (Å²) in [5.74, 6) is 0.877. The van der Waals surface area contributed by atoms with E-state index in [1.54, 1.807) is 17.5 Å². The molecule has 4 rings (SSSR count). The summed E-state index contributed by atoms with van der Waals surface area (Å²) in [5, 5.41) is 6.15. The molecule has 0 bridgehead atoms. The van der Waals surface area contributed by atoms with Crippen molar-refractivity contribution in [2.75, 3.05) is 18.4 Å². The van der Waals surface area contributed by atoms with Gasteiger partial charge in [-0.3, -0.25) is 4.90 Å². The summed E-state index contributed by atoms with van der Waals surface area (Å²) in [6.45, 7) is 2.24. The van der Waals surface area contributed by atoms with E-state index < -0.39 is 0 Å². The molecule has 1 atom stereocenters. The normalized spacial score (nSPS) is 17.7. The number of pyridine rings is 1. The van der Waals surface area contributed by atoms with Gasteiger partial charge in [-0.25, -0.2) is 9.97 Å². The van der Waals surface area contributed by atoms with Crippen LogP contribution in [0.1, 0.15) is 30.1 Å². The van der Waals surface area contributed by atoms with Crippen LogP contribution in [0, 0.1) is 0 Å². The molecule has 1 N–H and O–H groups in total. The van der Waals surface area contributed by atoms with Crippen molar-refractivity contribution in [3.8, 4) is 0 Å². The number of benzene rings is 1. The van der Waals surface area contributed by atoms with Gasteiger partial charge in [0.1, 0.15) is 5.82 Å². The Balaban J connectivity index is 1.44. The first-order chi connectivity index (χ1) is 12.4. The van der Waals surface area contributed by atoms with Crippen LogP contribution < -0.4 is 5.32 Å². The molecular weight excluding hydrogens is 328 g/mol. The maximum atomic E-state index is 4.85. The third kappa shape index (κ3) is 4.06. The molecule has 2 aromatic heterocycles. The standard InChI is InChI=1S/C20H22N4S/c1-2-6-16(7-3-1)11-14-24-13-5-9-18(24)17-8-4-10-19(22-17)23-20-21-12-15-25-20/h1-4,6-8,10,12,15,18H,5,9,11,13-14H2,(H,21,22,23)/t18-/m1/s1. The molecule has 3 aromatic rings. The van der Waals surface area contributed by atoms with E-state index >= 15 is 0 Å². The first-order valence-electron chi connectivity index (χ1n) is 8.80. The summed E-state index contributed by atoms with van der Waals surface area (Å²) in [7, 11) is 0. The Morgan fingerprint density at radius 1 is 1.12 bits per heavy atom. The molecule has 25 heavy (non-hydrogen) atoms. The molecule has 1 aromatic carbocycles. The van der Waals surface area contributed by atoms with Crippen LogP contribution >= 0.6 is 11.3 Å². The van der Waals surface area contributed by atoms with E-state index in [0.29, 0.717) is 6.04 Å². The van der Waals surface area contributed by atoms with E-state index in [1.165, 1.54) is 18.4 Å². The Kier molecular flexibility index (Phi) is 5.04. The highest BCUT2D eigenvalue weighted by Gasteiger charge is 2.26. The number of aromatic nitrogens is 2. The summed E-state index contributed by atoms with van der Waals surface area (Å²) < 4.78 is 0. The number of nitrogens with one attached hydrogen (secondary N) is 1. The maximum absolute atomic E-state index is 4.85. The van der Waals surface area contributed by atoms with Crippen LogP contribution in [0.2, 0.25) is 0 Å². The Bertz CT molecular complexity index is 788. The third-order valence-electron chi connectivity index (χ3n) is 4.67. The zero-order chi connectivity index (χ0) is 16.9. The highest BCUT2D eigenvalue weighted by Crippen LogP contribution is 2.31. The second-order valence-electron chi connectivity index (χ2n) is 6.34. The second-order valence-corrected chi connectivity index (χ2v) is 7.23. The minimum absolute atomic E-state index is 0.418. The van der Waals surface area contributed by atoms with Gasteiger partial charge in [0.05, 0.1) is 11.7 Å². The van der Waals surface area contributed by atoms with E-state index in [2.05, 4.69) is 57.7 Å². The number of rotatable bonds is 6. The Hall–Kier alpha value is -2.24. The summed E-state index contributed by atoms with van der Waals surface area (Å²) in [4.78, 5) is 11.7. The predicted octanol–water partition coefficient (Wildman–Crippen LogP) is 4.66. The molecule has 5 heteroatoms. The Morgan fingerprint density at radius 2 is 2.04 bits per heavy atom. The van der Waals surface area contributed by atoms with Crippen molar-refractivity contribution in [3.63, 3.8) is 0 Å². The lowest BCUT2D eigenvalue weighted by atomic mass is 10.1. The van der Waals surface area contributed by atoms with Gasteiger partial charge >= 0.3 is 0 Å². The fraction of sp³-hybridized carbons (Fsp3) is 0.300. The molecular formula is C20H22N4S. The van der Waals surface area contributed by atoms with Crippen molar-refractivity contribution in [3.05, 3.63) is 71.4 Å². The first kappa shape index (κ1) is 16.2. The van der Waals surface area contributed by atoms with Gasteiger partial charge in [0.15, 0.2) is 5.13 Å². The van der Waals surface area contributed by atoms with Crippen LogP contribution in [0.15, 0.2) is 60.1 Å². The average Bonchev–Trinajstić information content (AvgIpc) is 3.33. The van der Waals surface area contributed by atoms with E-state index in [-0.39, 0.29) is 0 Å². The lowest BCUT2D eigenvalue weighted by Gasteiger charge is -2.24. The van der Waals surface area contributed by atoms with Crippen LogP contribution in [-0.2, 0) is 6.42 Å². The Morgan fingerprint density at radius 3 is 2.88 bits per heavy atom. The number of hydrogen-bond acceptors (Lipinski definition) is 5. The molecule has 3 heterocycles. The lowest BCUT2D eigenvalue weighted by Crippen LogP contribution is -2.26. The molecule has 1 fully saturated rings. The van der Waals surface area contributed by atoms with Gasteiger partial charge in [0.25, 0.3) is 0 Å². The topological polar surface area (TPSA) is 41.0 Å². The van der Waals surface area contributed by atoms with Gasteiger partial charge in [-0.05, 0) is 43.5 Å². The molecule has 0 unspecified atom stereocenters. The van der Waals surface area contributed by atoms with Gasteiger partial charge in [0, 0.05) is 18.1 Å². The van der Waals surface area contributed by atoms with Crippen LogP contribution in [-0.4, -0.2) is 28.0 Å². The molecule has 1 aliphatic heterocycles. The minimum Gasteiger partial charge on any atom is -0.316 e. The average molecular weight is 350 g/mol. The molecule has 0 spiro atoms. The maximum Gasteiger partial charge on any atom is 0.188 e. The fourth-order valence-corrected chi connectivity index (χ4v) is 3.98. The van der Waals surface area contributed by atoms with E-state index in [9.17, 15) is 0 Å². The largest absolute Gasteiger partial charge is 0.316 e. The Labute approximate surface area is 152 Å². The fourth-order valence-electron chi connectivity index (χ4n) is 3.45. The zero-order valence-electron chi connectivity index (χ0n) is 14.1. The highest BCUT2D eigenvalue weighted by atomic mass is 32.1. The van der Waals surface area contributed by atoms with E-state index in [1.807, 2.05) is 11.4 Å². The van der Waals surface area contributed by atoms with Crippen molar-refractivity contribution >= 4 is 22.3 Å². The molecule has 1 aliphatic rings. The van der Waals surface area contributed by atoms with Crippen LogP contribution in [0.25, 0.3) is 0 Å². The summed E-state index contributed by atoms with van der Waals surface area (Å²) in [5.41, 5.74) is 2.56. The summed E-state index contributed by atoms with van der Waals surface area (Å²) in [6.07, 6.45) is 5.32. The van der Waals surface area contributed by atoms with Crippen molar-refractivity contribution in [1.82, 2.24) is 14.9 Å². The van der Waals surface area contributed by atoms with E-state index in [4.69, 9.17) is 4.98 Å². The molecule has 0 saturated carbocycles. The lowest BCUT2D eigenvalue weighted by molar-refractivity contribution is 0.256. The number of anilines is 2.